The van der Waals surface area contributed by atoms with Gasteiger partial charge < -0.3 is 14.7 Å². The van der Waals surface area contributed by atoms with Crippen LogP contribution in [0.4, 0.5) is 0 Å². The second kappa shape index (κ2) is 5.00. The highest BCUT2D eigenvalue weighted by Gasteiger charge is 2.51. The predicted molar refractivity (Wildman–Crippen MR) is 59.5 cm³/mol. The summed E-state index contributed by atoms with van der Waals surface area (Å²) in [5.74, 6) is 2.19. The van der Waals surface area contributed by atoms with Gasteiger partial charge in [-0.1, -0.05) is 12.5 Å². The van der Waals surface area contributed by atoms with Crippen molar-refractivity contribution in [1.29, 1.82) is 0 Å². The first-order chi connectivity index (χ1) is 7.58. The van der Waals surface area contributed by atoms with Crippen molar-refractivity contribution >= 4 is 5.91 Å². The lowest BCUT2D eigenvalue weighted by Gasteiger charge is -2.47. The Morgan fingerprint density at radius 3 is 2.88 bits per heavy atom. The van der Waals surface area contributed by atoms with Gasteiger partial charge in [-0.3, -0.25) is 4.79 Å². The molecule has 0 aromatic rings. The fourth-order valence-electron chi connectivity index (χ4n) is 1.76. The Bertz CT molecular complexity index is 376. The number of amides is 1. The van der Waals surface area contributed by atoms with E-state index in [-0.39, 0.29) is 12.5 Å². The second-order valence-corrected chi connectivity index (χ2v) is 3.62. The number of nitrogens with zero attached hydrogens (tertiary/aromatic N) is 1. The molecule has 1 aliphatic heterocycles. The highest BCUT2D eigenvalue weighted by molar-refractivity contribution is 5.89. The molecule has 1 fully saturated rings. The predicted octanol–water partition coefficient (Wildman–Crippen LogP) is -0.0625. The third-order valence-electron chi connectivity index (χ3n) is 2.76. The Morgan fingerprint density at radius 1 is 1.81 bits per heavy atom. The molecule has 0 unspecified atom stereocenters. The topological polar surface area (TPSA) is 49.8 Å². The Kier molecular flexibility index (Phi) is 3.92. The number of hydrogen-bond donors (Lipinski definition) is 1. The van der Waals surface area contributed by atoms with Crippen LogP contribution in [0.1, 0.15) is 6.92 Å². The van der Waals surface area contributed by atoms with Gasteiger partial charge in [0, 0.05) is 7.11 Å². The molecule has 0 spiro atoms. The number of carbonyl (C=O) groups excluding carboxylic acids is 1. The van der Waals surface area contributed by atoms with E-state index in [2.05, 4.69) is 18.2 Å². The Hall–Kier alpha value is -1.53. The Balaban J connectivity index is 2.87. The average Bonchev–Trinajstić information content (AvgIpc) is 2.30. The summed E-state index contributed by atoms with van der Waals surface area (Å²) in [6.07, 6.45) is 3.69. The van der Waals surface area contributed by atoms with Gasteiger partial charge in [-0.15, -0.1) is 12.2 Å². The maximum atomic E-state index is 11.6. The van der Waals surface area contributed by atoms with Crippen LogP contribution in [0.2, 0.25) is 0 Å². The molecular formula is C12H15NO3. The fraction of sp³-hybridized carbons (Fsp3) is 0.500. The minimum absolute atomic E-state index is 0.171. The Labute approximate surface area is 95.2 Å². The van der Waals surface area contributed by atoms with Crippen LogP contribution in [0, 0.1) is 12.3 Å². The van der Waals surface area contributed by atoms with Crippen molar-refractivity contribution in [2.45, 2.75) is 25.2 Å². The summed E-state index contributed by atoms with van der Waals surface area (Å²) in [5.41, 5.74) is 3.18. The summed E-state index contributed by atoms with van der Waals surface area (Å²) in [4.78, 5) is 13.0. The highest BCUT2D eigenvalue weighted by Crippen LogP contribution is 2.27. The van der Waals surface area contributed by atoms with Crippen LogP contribution >= 0.6 is 0 Å². The van der Waals surface area contributed by atoms with E-state index in [9.17, 15) is 9.90 Å². The van der Waals surface area contributed by atoms with Gasteiger partial charge >= 0.3 is 0 Å². The van der Waals surface area contributed by atoms with E-state index < -0.39 is 18.2 Å². The first kappa shape index (κ1) is 12.5. The molecule has 1 rings (SSSR count). The van der Waals surface area contributed by atoms with Gasteiger partial charge in [0.15, 0.2) is 6.10 Å². The van der Waals surface area contributed by atoms with E-state index in [1.807, 2.05) is 0 Å². The number of aliphatic hydroxyl groups is 1. The molecule has 0 aliphatic carbocycles. The summed E-state index contributed by atoms with van der Waals surface area (Å²) in [7, 11) is 1.43. The third-order valence-corrected chi connectivity index (χ3v) is 2.76. The van der Waals surface area contributed by atoms with Crippen LogP contribution in [-0.2, 0) is 9.53 Å². The molecule has 0 radical (unpaired) electrons. The van der Waals surface area contributed by atoms with Crippen molar-refractivity contribution < 1.29 is 14.6 Å². The van der Waals surface area contributed by atoms with Gasteiger partial charge in [-0.2, -0.15) is 0 Å². The van der Waals surface area contributed by atoms with Gasteiger partial charge in [0.1, 0.15) is 6.10 Å². The standard InChI is InChI=1S/C12H15NO3/c1-5-7-13-9(10(14)8(3)6-2)11(16-4)12(13)15/h1,9-11,14H,2,7H2,3-4H3/t9-,10-,11-/m1/s1. The van der Waals surface area contributed by atoms with Crippen LogP contribution < -0.4 is 0 Å². The van der Waals surface area contributed by atoms with Gasteiger partial charge in [0.25, 0.3) is 5.91 Å². The van der Waals surface area contributed by atoms with Crippen molar-refractivity contribution in [2.75, 3.05) is 13.7 Å². The highest BCUT2D eigenvalue weighted by atomic mass is 16.5. The number of carbonyl (C=O) groups is 1. The molecule has 16 heavy (non-hydrogen) atoms. The van der Waals surface area contributed by atoms with Crippen LogP contribution in [0.15, 0.2) is 17.9 Å². The lowest BCUT2D eigenvalue weighted by molar-refractivity contribution is -0.176. The SMILES string of the molecule is C#CCN1C(=O)[C@H](OC)[C@H]1[C@H](O)C(C)=C=C. The van der Waals surface area contributed by atoms with E-state index >= 15 is 0 Å². The summed E-state index contributed by atoms with van der Waals surface area (Å²) < 4.78 is 5.02. The monoisotopic (exact) mass is 221 g/mol. The number of aliphatic hydroxyl groups excluding tert-OH is 1. The summed E-state index contributed by atoms with van der Waals surface area (Å²) in [5, 5.41) is 9.97. The first-order valence-corrected chi connectivity index (χ1v) is 4.89. The molecule has 0 aromatic carbocycles. The van der Waals surface area contributed by atoms with Gasteiger partial charge in [-0.05, 0) is 12.5 Å². The van der Waals surface area contributed by atoms with E-state index in [1.54, 1.807) is 6.92 Å². The molecule has 1 saturated heterocycles. The zero-order valence-corrected chi connectivity index (χ0v) is 9.43. The lowest BCUT2D eigenvalue weighted by atomic mass is 9.89. The van der Waals surface area contributed by atoms with Crippen LogP contribution in [0.3, 0.4) is 0 Å². The number of ether oxygens (including phenoxy) is 1. The number of terminal acetylenes is 1. The van der Waals surface area contributed by atoms with E-state index in [1.165, 1.54) is 12.0 Å². The number of likely N-dealkylation sites (tertiary alicyclic amines) is 1. The van der Waals surface area contributed by atoms with Crippen LogP contribution in [0.25, 0.3) is 0 Å². The maximum Gasteiger partial charge on any atom is 0.255 e. The minimum Gasteiger partial charge on any atom is -0.386 e. The quantitative estimate of drug-likeness (QED) is 0.411. The van der Waals surface area contributed by atoms with E-state index in [0.717, 1.165) is 0 Å². The zero-order chi connectivity index (χ0) is 12.3. The molecule has 1 aliphatic rings. The van der Waals surface area contributed by atoms with E-state index in [4.69, 9.17) is 11.2 Å². The maximum absolute atomic E-state index is 11.6. The number of rotatable bonds is 4. The van der Waals surface area contributed by atoms with E-state index in [0.29, 0.717) is 5.57 Å². The fourth-order valence-corrected chi connectivity index (χ4v) is 1.76. The molecular weight excluding hydrogens is 206 g/mol. The normalized spacial score (nSPS) is 25.4. The zero-order valence-electron chi connectivity index (χ0n) is 9.43. The van der Waals surface area contributed by atoms with Gasteiger partial charge in [0.2, 0.25) is 0 Å². The van der Waals surface area contributed by atoms with Crippen LogP contribution in [-0.4, -0.2) is 47.8 Å². The molecule has 1 heterocycles. The van der Waals surface area contributed by atoms with Crippen molar-refractivity contribution in [3.05, 3.63) is 17.9 Å². The summed E-state index contributed by atoms with van der Waals surface area (Å²) in [6.45, 7) is 5.32. The molecule has 1 amide bonds. The first-order valence-electron chi connectivity index (χ1n) is 4.89. The molecule has 1 N–H and O–H groups in total. The van der Waals surface area contributed by atoms with Crippen molar-refractivity contribution in [3.63, 3.8) is 0 Å². The lowest BCUT2D eigenvalue weighted by Crippen LogP contribution is -2.69. The largest absolute Gasteiger partial charge is 0.386 e. The average molecular weight is 221 g/mol. The molecule has 0 bridgehead atoms. The second-order valence-electron chi connectivity index (χ2n) is 3.62. The van der Waals surface area contributed by atoms with Crippen molar-refractivity contribution in [2.24, 2.45) is 0 Å². The van der Waals surface area contributed by atoms with Gasteiger partial charge in [-0.25, -0.2) is 0 Å². The van der Waals surface area contributed by atoms with Crippen molar-refractivity contribution in [3.8, 4) is 12.3 Å². The smallest absolute Gasteiger partial charge is 0.255 e. The number of β-lactam (4-membered cyclic amide) rings is 1. The molecule has 3 atom stereocenters. The summed E-state index contributed by atoms with van der Waals surface area (Å²) in [6, 6.07) is -0.442. The molecule has 0 saturated carbocycles. The third kappa shape index (κ3) is 1.89. The van der Waals surface area contributed by atoms with Gasteiger partial charge in [0.05, 0.1) is 12.6 Å². The molecule has 4 nitrogen and oxygen atoms in total. The van der Waals surface area contributed by atoms with Crippen molar-refractivity contribution in [1.82, 2.24) is 4.90 Å². The Morgan fingerprint density at radius 2 is 2.44 bits per heavy atom. The molecule has 4 heteroatoms. The van der Waals surface area contributed by atoms with Crippen LogP contribution in [0.5, 0.6) is 0 Å². The number of methoxy groups -OCH3 is 1. The molecule has 0 aromatic heterocycles. The number of hydrogen-bond acceptors (Lipinski definition) is 3. The minimum atomic E-state index is -0.839. The summed E-state index contributed by atoms with van der Waals surface area (Å²) >= 11 is 0. The molecule has 86 valence electrons.